The van der Waals surface area contributed by atoms with Crippen LogP contribution >= 0.6 is 11.6 Å². The number of hydrogen-bond donors (Lipinski definition) is 1. The quantitative estimate of drug-likeness (QED) is 0.331. The molecule has 1 saturated heterocycles. The largest absolute Gasteiger partial charge is 0.491 e. The average Bonchev–Trinajstić information content (AvgIpc) is 3.35. The van der Waals surface area contributed by atoms with Crippen LogP contribution in [-0.2, 0) is 11.4 Å². The third-order valence-electron chi connectivity index (χ3n) is 5.91. The number of fused-ring (bicyclic) bond motifs is 1. The zero-order valence-corrected chi connectivity index (χ0v) is 19.7. The lowest BCUT2D eigenvalue weighted by molar-refractivity contribution is -0.119. The van der Waals surface area contributed by atoms with Gasteiger partial charge in [0, 0.05) is 18.4 Å². The number of aromatic nitrogens is 3. The summed E-state index contributed by atoms with van der Waals surface area (Å²) in [4.78, 5) is 26.2. The second-order valence-corrected chi connectivity index (χ2v) is 8.61. The van der Waals surface area contributed by atoms with Crippen LogP contribution in [-0.4, -0.2) is 45.5 Å². The van der Waals surface area contributed by atoms with E-state index in [9.17, 15) is 4.79 Å². The normalized spacial score (nSPS) is 15.2. The van der Waals surface area contributed by atoms with Crippen LogP contribution in [0, 0.1) is 0 Å². The van der Waals surface area contributed by atoms with Gasteiger partial charge in [0.25, 0.3) is 0 Å². The van der Waals surface area contributed by atoms with Crippen LogP contribution in [0.5, 0.6) is 11.5 Å². The number of hydrogen-bond acceptors (Lipinski definition) is 7. The minimum absolute atomic E-state index is 0.0706. The molecule has 0 radical (unpaired) electrons. The van der Waals surface area contributed by atoms with Gasteiger partial charge < -0.3 is 19.7 Å². The highest BCUT2D eigenvalue weighted by Gasteiger charge is 2.24. The minimum Gasteiger partial charge on any atom is -0.491 e. The first-order chi connectivity index (χ1) is 17.2. The number of amides is 1. The molecule has 0 spiro atoms. The third kappa shape index (κ3) is 5.27. The number of pyridine rings is 1. The fourth-order valence-corrected chi connectivity index (χ4v) is 4.36. The molecule has 2 aromatic carbocycles. The minimum atomic E-state index is 0.0706. The number of rotatable bonds is 9. The van der Waals surface area contributed by atoms with Crippen molar-refractivity contribution in [3.8, 4) is 11.5 Å². The van der Waals surface area contributed by atoms with Gasteiger partial charge in [-0.3, -0.25) is 9.78 Å². The topological polar surface area (TPSA) is 89.5 Å². The summed E-state index contributed by atoms with van der Waals surface area (Å²) in [5, 5.41) is 4.56. The van der Waals surface area contributed by atoms with E-state index >= 15 is 0 Å². The Morgan fingerprint density at radius 1 is 1.06 bits per heavy atom. The molecule has 1 aliphatic heterocycles. The van der Waals surface area contributed by atoms with Gasteiger partial charge in [-0.2, -0.15) is 0 Å². The molecule has 8 nitrogen and oxygen atoms in total. The number of likely N-dealkylation sites (tertiary alicyclic amines) is 1. The maximum Gasteiger partial charge on any atom is 0.210 e. The van der Waals surface area contributed by atoms with Gasteiger partial charge in [-0.1, -0.05) is 23.7 Å². The summed E-state index contributed by atoms with van der Waals surface area (Å²) in [5.74, 6) is 1.82. The van der Waals surface area contributed by atoms with E-state index in [-0.39, 0.29) is 6.04 Å². The standard InChI is InChI=1S/C26H24ClN5O3/c27-21-13-18(9-10-23(21)34-14-19-5-1-2-11-28-19)31-26-25-22(29-16-30-26)7-3-8-24(25)35-15-20-6-4-12-32(20)17-33/h1-3,5,7-11,13,16-17,20H,4,6,12,14-15H2,(H,29,30,31)/t20-/m1/s1. The van der Waals surface area contributed by atoms with Crippen molar-refractivity contribution in [2.24, 2.45) is 0 Å². The molecule has 1 atom stereocenters. The summed E-state index contributed by atoms with van der Waals surface area (Å²) in [6.45, 7) is 1.51. The number of benzene rings is 2. The Bertz CT molecular complexity index is 1320. The number of anilines is 2. The van der Waals surface area contributed by atoms with E-state index < -0.39 is 0 Å². The summed E-state index contributed by atoms with van der Waals surface area (Å²) in [5.41, 5.74) is 2.32. The number of ether oxygens (including phenoxy) is 2. The fourth-order valence-electron chi connectivity index (χ4n) is 4.12. The van der Waals surface area contributed by atoms with Gasteiger partial charge in [0.05, 0.1) is 27.7 Å². The van der Waals surface area contributed by atoms with Crippen LogP contribution in [0.15, 0.2) is 67.1 Å². The summed E-state index contributed by atoms with van der Waals surface area (Å²) in [6.07, 6.45) is 6.04. The molecule has 3 heterocycles. The summed E-state index contributed by atoms with van der Waals surface area (Å²) >= 11 is 6.49. The molecule has 2 aromatic heterocycles. The van der Waals surface area contributed by atoms with Gasteiger partial charge >= 0.3 is 0 Å². The SMILES string of the molecule is O=CN1CCC[C@@H]1COc1cccc2ncnc(Nc3ccc(OCc4ccccn4)c(Cl)c3)c12. The van der Waals surface area contributed by atoms with Gasteiger partial charge in [-0.25, -0.2) is 9.97 Å². The summed E-state index contributed by atoms with van der Waals surface area (Å²) < 4.78 is 12.0. The first-order valence-electron chi connectivity index (χ1n) is 11.4. The highest BCUT2D eigenvalue weighted by atomic mass is 35.5. The first kappa shape index (κ1) is 22.9. The maximum absolute atomic E-state index is 11.3. The maximum atomic E-state index is 11.3. The molecule has 0 saturated carbocycles. The van der Waals surface area contributed by atoms with E-state index in [1.807, 2.05) is 48.5 Å². The van der Waals surface area contributed by atoms with Crippen LogP contribution in [0.2, 0.25) is 5.02 Å². The predicted octanol–water partition coefficient (Wildman–Crippen LogP) is 5.00. The summed E-state index contributed by atoms with van der Waals surface area (Å²) in [6, 6.07) is 16.9. The van der Waals surface area contributed by atoms with Gasteiger partial charge in [0.15, 0.2) is 0 Å². The van der Waals surface area contributed by atoms with Gasteiger partial charge in [0.1, 0.15) is 36.9 Å². The Balaban J connectivity index is 1.34. The van der Waals surface area contributed by atoms with Crippen molar-refractivity contribution in [2.45, 2.75) is 25.5 Å². The van der Waals surface area contributed by atoms with Gasteiger partial charge in [-0.15, -0.1) is 0 Å². The third-order valence-corrected chi connectivity index (χ3v) is 6.21. The Hall–Kier alpha value is -3.91. The Kier molecular flexibility index (Phi) is 6.90. The van der Waals surface area contributed by atoms with E-state index in [0.717, 1.165) is 48.1 Å². The van der Waals surface area contributed by atoms with Crippen molar-refractivity contribution in [3.05, 3.63) is 77.8 Å². The molecule has 1 aliphatic rings. The van der Waals surface area contributed by atoms with E-state index in [0.29, 0.717) is 35.6 Å². The number of nitrogens with one attached hydrogen (secondary N) is 1. The fraction of sp³-hybridized carbons (Fsp3) is 0.231. The van der Waals surface area contributed by atoms with Crippen molar-refractivity contribution < 1.29 is 14.3 Å². The number of nitrogens with zero attached hydrogens (tertiary/aromatic N) is 4. The first-order valence-corrected chi connectivity index (χ1v) is 11.8. The molecule has 9 heteroatoms. The predicted molar refractivity (Wildman–Crippen MR) is 134 cm³/mol. The molecule has 4 aromatic rings. The molecule has 1 N–H and O–H groups in total. The van der Waals surface area contributed by atoms with Gasteiger partial charge in [0.2, 0.25) is 6.41 Å². The van der Waals surface area contributed by atoms with E-state index in [2.05, 4.69) is 20.3 Å². The van der Waals surface area contributed by atoms with Crippen LogP contribution < -0.4 is 14.8 Å². The van der Waals surface area contributed by atoms with Crippen molar-refractivity contribution in [1.82, 2.24) is 19.9 Å². The Morgan fingerprint density at radius 3 is 2.83 bits per heavy atom. The lowest BCUT2D eigenvalue weighted by Gasteiger charge is -2.21. The van der Waals surface area contributed by atoms with Gasteiger partial charge in [-0.05, 0) is 55.3 Å². The number of halogens is 1. The van der Waals surface area contributed by atoms with Crippen molar-refractivity contribution in [2.75, 3.05) is 18.5 Å². The molecule has 35 heavy (non-hydrogen) atoms. The molecule has 1 amide bonds. The molecule has 0 aliphatic carbocycles. The molecular weight excluding hydrogens is 466 g/mol. The molecule has 1 fully saturated rings. The smallest absolute Gasteiger partial charge is 0.210 e. The Morgan fingerprint density at radius 2 is 2.00 bits per heavy atom. The summed E-state index contributed by atoms with van der Waals surface area (Å²) in [7, 11) is 0. The number of carbonyl (C=O) groups is 1. The molecule has 5 rings (SSSR count). The van der Waals surface area contributed by atoms with Crippen molar-refractivity contribution in [1.29, 1.82) is 0 Å². The second-order valence-electron chi connectivity index (χ2n) is 8.20. The van der Waals surface area contributed by atoms with Crippen molar-refractivity contribution >= 4 is 40.4 Å². The van der Waals surface area contributed by atoms with Crippen LogP contribution in [0.25, 0.3) is 10.9 Å². The molecule has 178 valence electrons. The monoisotopic (exact) mass is 489 g/mol. The lowest BCUT2D eigenvalue weighted by Crippen LogP contribution is -2.32. The number of carbonyl (C=O) groups excluding carboxylic acids is 1. The zero-order chi connectivity index (χ0) is 24.0. The molecular formula is C26H24ClN5O3. The van der Waals surface area contributed by atoms with Crippen LogP contribution in [0.4, 0.5) is 11.5 Å². The van der Waals surface area contributed by atoms with Crippen LogP contribution in [0.1, 0.15) is 18.5 Å². The van der Waals surface area contributed by atoms with Crippen molar-refractivity contribution in [3.63, 3.8) is 0 Å². The molecule has 0 bridgehead atoms. The average molecular weight is 490 g/mol. The van der Waals surface area contributed by atoms with E-state index in [1.54, 1.807) is 17.2 Å². The van der Waals surface area contributed by atoms with E-state index in [1.165, 1.54) is 6.33 Å². The van der Waals surface area contributed by atoms with E-state index in [4.69, 9.17) is 21.1 Å². The zero-order valence-electron chi connectivity index (χ0n) is 18.9. The molecule has 0 unspecified atom stereocenters. The highest BCUT2D eigenvalue weighted by molar-refractivity contribution is 6.32. The Labute approximate surface area is 207 Å². The highest BCUT2D eigenvalue weighted by Crippen LogP contribution is 2.34. The lowest BCUT2D eigenvalue weighted by atomic mass is 10.2. The second kappa shape index (κ2) is 10.6. The van der Waals surface area contributed by atoms with Crippen LogP contribution in [0.3, 0.4) is 0 Å².